The van der Waals surface area contributed by atoms with Crippen molar-refractivity contribution in [1.29, 1.82) is 0 Å². The molecule has 0 heterocycles. The van der Waals surface area contributed by atoms with Crippen molar-refractivity contribution < 1.29 is 9.90 Å². The lowest BCUT2D eigenvalue weighted by atomic mass is 9.93. The van der Waals surface area contributed by atoms with Gasteiger partial charge in [-0.15, -0.1) is 0 Å². The normalized spacial score (nSPS) is 23.3. The first-order valence-corrected chi connectivity index (χ1v) is 6.38. The fourth-order valence-electron chi connectivity index (χ4n) is 1.60. The first-order valence-electron chi connectivity index (χ1n) is 5.86. The minimum absolute atomic E-state index is 0.238. The van der Waals surface area contributed by atoms with Crippen molar-refractivity contribution >= 4 is 18.5 Å². The average Bonchev–Trinajstić information content (AvgIpc) is 3.00. The Kier molecular flexibility index (Phi) is 4.64. The third kappa shape index (κ3) is 3.37. The molecule has 4 N–H and O–H groups in total. The summed E-state index contributed by atoms with van der Waals surface area (Å²) in [5.74, 6) is -0.360. The molecule has 1 amide bonds. The first-order chi connectivity index (χ1) is 7.39. The van der Waals surface area contributed by atoms with E-state index in [4.69, 9.17) is 5.73 Å². The fraction of sp³-hybridized carbons (Fsp3) is 0.909. The summed E-state index contributed by atoms with van der Waals surface area (Å²) in [4.78, 5) is 11.8. The van der Waals surface area contributed by atoms with E-state index in [1.54, 1.807) is 0 Å². The fourth-order valence-corrected chi connectivity index (χ4v) is 1.87. The molecule has 16 heavy (non-hydrogen) atoms. The van der Waals surface area contributed by atoms with Crippen molar-refractivity contribution in [3.63, 3.8) is 0 Å². The van der Waals surface area contributed by atoms with Crippen molar-refractivity contribution in [2.75, 3.05) is 0 Å². The van der Waals surface area contributed by atoms with Crippen LogP contribution in [-0.2, 0) is 4.79 Å². The van der Waals surface area contributed by atoms with E-state index in [1.165, 1.54) is 6.92 Å². The van der Waals surface area contributed by atoms with E-state index in [0.717, 1.165) is 25.7 Å². The van der Waals surface area contributed by atoms with Crippen molar-refractivity contribution in [3.05, 3.63) is 0 Å². The predicted octanol–water partition coefficient (Wildman–Crippen LogP) is 0.442. The average molecular weight is 246 g/mol. The van der Waals surface area contributed by atoms with Crippen LogP contribution in [0.25, 0.3) is 0 Å². The summed E-state index contributed by atoms with van der Waals surface area (Å²) in [6, 6.07) is -0.0322. The van der Waals surface area contributed by atoms with Crippen molar-refractivity contribution in [3.8, 4) is 0 Å². The second-order valence-corrected chi connectivity index (χ2v) is 5.35. The maximum Gasteiger partial charge on any atom is 0.253 e. The highest BCUT2D eigenvalue weighted by Crippen LogP contribution is 2.24. The molecule has 94 valence electrons. The molecule has 1 aliphatic rings. The third-order valence-electron chi connectivity index (χ3n) is 2.98. The monoisotopic (exact) mass is 246 g/mol. The Balaban J connectivity index is 2.55. The second-order valence-electron chi connectivity index (χ2n) is 4.79. The Hall–Kier alpha value is -0.260. The first kappa shape index (κ1) is 13.8. The van der Waals surface area contributed by atoms with Crippen molar-refractivity contribution in [1.82, 2.24) is 5.32 Å². The lowest BCUT2D eigenvalue weighted by Gasteiger charge is -2.32. The van der Waals surface area contributed by atoms with E-state index < -0.39 is 10.9 Å². The van der Waals surface area contributed by atoms with Crippen LogP contribution < -0.4 is 11.1 Å². The third-order valence-corrected chi connectivity index (χ3v) is 3.86. The number of amides is 1. The quantitative estimate of drug-likeness (QED) is 0.514. The van der Waals surface area contributed by atoms with E-state index in [0.29, 0.717) is 0 Å². The second kappa shape index (κ2) is 5.38. The Bertz CT molecular complexity index is 254. The molecule has 0 saturated heterocycles. The highest BCUT2D eigenvalue weighted by Gasteiger charge is 2.42. The summed E-state index contributed by atoms with van der Waals surface area (Å²) >= 11 is 4.29. The van der Waals surface area contributed by atoms with Crippen molar-refractivity contribution in [2.24, 2.45) is 5.73 Å². The molecule has 0 radical (unpaired) electrons. The molecule has 1 rings (SSSR count). The molecule has 5 heteroatoms. The Morgan fingerprint density at radius 1 is 1.69 bits per heavy atom. The maximum atomic E-state index is 11.8. The summed E-state index contributed by atoms with van der Waals surface area (Å²) in [5, 5.41) is 12.4. The van der Waals surface area contributed by atoms with Crippen LogP contribution >= 0.6 is 12.6 Å². The maximum absolute atomic E-state index is 11.8. The lowest BCUT2D eigenvalue weighted by Crippen LogP contribution is -2.56. The number of carbonyl (C=O) groups excluding carboxylic acids is 1. The van der Waals surface area contributed by atoms with Gasteiger partial charge in [0.15, 0.2) is 5.60 Å². The molecular formula is C11H22N2O2S. The molecule has 0 aliphatic heterocycles. The van der Waals surface area contributed by atoms with Crippen LogP contribution in [-0.4, -0.2) is 33.9 Å². The zero-order valence-electron chi connectivity index (χ0n) is 9.94. The molecule has 4 nitrogen and oxygen atoms in total. The molecule has 0 aromatic rings. The Morgan fingerprint density at radius 2 is 2.25 bits per heavy atom. The number of nitrogens with one attached hydrogen (secondary N) is 1. The standard InChI is InChI=1S/C11H22N2O2S/c1-3-4-8(12)9(16)11(2,15)10(14)13-7-5-6-7/h7-9,15-16H,3-6,12H2,1-2H3,(H,13,14)/t8-,9?,11+/m0/s1. The molecule has 1 aliphatic carbocycles. The van der Waals surface area contributed by atoms with Crippen LogP contribution in [0.2, 0.25) is 0 Å². The smallest absolute Gasteiger partial charge is 0.253 e. The molecule has 0 aromatic heterocycles. The summed E-state index contributed by atoms with van der Waals surface area (Å²) in [7, 11) is 0. The number of nitrogens with two attached hydrogens (primary N) is 1. The highest BCUT2D eigenvalue weighted by atomic mass is 32.1. The molecule has 0 bridgehead atoms. The summed E-state index contributed by atoms with van der Waals surface area (Å²) in [6.45, 7) is 3.50. The van der Waals surface area contributed by atoms with Gasteiger partial charge >= 0.3 is 0 Å². The van der Waals surface area contributed by atoms with E-state index in [9.17, 15) is 9.90 Å². The number of hydrogen-bond donors (Lipinski definition) is 4. The SMILES string of the molecule is CCC[C@H](N)C(S)[C@@](C)(O)C(=O)NC1CC1. The number of hydrogen-bond acceptors (Lipinski definition) is 4. The zero-order chi connectivity index (χ0) is 12.3. The van der Waals surface area contributed by atoms with Crippen LogP contribution in [0.1, 0.15) is 39.5 Å². The number of thiol groups is 1. The van der Waals surface area contributed by atoms with Gasteiger partial charge in [-0.3, -0.25) is 4.79 Å². The van der Waals surface area contributed by atoms with Gasteiger partial charge in [0, 0.05) is 12.1 Å². The van der Waals surface area contributed by atoms with E-state index >= 15 is 0 Å². The molecule has 0 aromatic carbocycles. The van der Waals surface area contributed by atoms with Gasteiger partial charge in [0.2, 0.25) is 0 Å². The van der Waals surface area contributed by atoms with Crippen LogP contribution in [0.3, 0.4) is 0 Å². The molecular weight excluding hydrogens is 224 g/mol. The van der Waals surface area contributed by atoms with Gasteiger partial charge in [0.1, 0.15) is 0 Å². The summed E-state index contributed by atoms with van der Waals surface area (Å²) < 4.78 is 0. The number of aliphatic hydroxyl groups is 1. The molecule has 1 fully saturated rings. The molecule has 1 unspecified atom stereocenters. The zero-order valence-corrected chi connectivity index (χ0v) is 10.8. The van der Waals surface area contributed by atoms with Crippen LogP contribution in [0.15, 0.2) is 0 Å². The van der Waals surface area contributed by atoms with Gasteiger partial charge in [-0.2, -0.15) is 12.6 Å². The number of carbonyl (C=O) groups is 1. The van der Waals surface area contributed by atoms with Gasteiger partial charge in [0.25, 0.3) is 5.91 Å². The topological polar surface area (TPSA) is 75.3 Å². The summed E-state index contributed by atoms with van der Waals surface area (Å²) in [6.07, 6.45) is 3.67. The predicted molar refractivity (Wildman–Crippen MR) is 67.4 cm³/mol. The van der Waals surface area contributed by atoms with Gasteiger partial charge in [-0.05, 0) is 26.2 Å². The minimum atomic E-state index is -1.50. The van der Waals surface area contributed by atoms with E-state index in [1.807, 2.05) is 6.92 Å². The molecule has 3 atom stereocenters. The number of rotatable bonds is 6. The lowest BCUT2D eigenvalue weighted by molar-refractivity contribution is -0.138. The van der Waals surface area contributed by atoms with E-state index in [-0.39, 0.29) is 18.0 Å². The Morgan fingerprint density at radius 3 is 2.69 bits per heavy atom. The van der Waals surface area contributed by atoms with Gasteiger partial charge in [-0.25, -0.2) is 0 Å². The Labute approximate surface area is 102 Å². The van der Waals surface area contributed by atoms with E-state index in [2.05, 4.69) is 17.9 Å². The molecule has 1 saturated carbocycles. The van der Waals surface area contributed by atoms with Crippen LogP contribution in [0.5, 0.6) is 0 Å². The molecule has 0 spiro atoms. The summed E-state index contributed by atoms with van der Waals surface area (Å²) in [5.41, 5.74) is 4.38. The van der Waals surface area contributed by atoms with Gasteiger partial charge < -0.3 is 16.2 Å². The van der Waals surface area contributed by atoms with Crippen LogP contribution in [0, 0.1) is 0 Å². The largest absolute Gasteiger partial charge is 0.379 e. The van der Waals surface area contributed by atoms with Gasteiger partial charge in [-0.1, -0.05) is 13.3 Å². The van der Waals surface area contributed by atoms with Crippen molar-refractivity contribution in [2.45, 2.75) is 62.5 Å². The minimum Gasteiger partial charge on any atom is -0.379 e. The highest BCUT2D eigenvalue weighted by molar-refractivity contribution is 7.81. The van der Waals surface area contributed by atoms with Crippen LogP contribution in [0.4, 0.5) is 0 Å². The van der Waals surface area contributed by atoms with Gasteiger partial charge in [0.05, 0.1) is 5.25 Å².